The lowest BCUT2D eigenvalue weighted by molar-refractivity contribution is 0.169. The van der Waals surface area contributed by atoms with Gasteiger partial charge in [0.2, 0.25) is 5.89 Å². The zero-order valence-electron chi connectivity index (χ0n) is 16.6. The smallest absolute Gasteiger partial charge is 0.317 e. The first-order valence-electron chi connectivity index (χ1n) is 9.74. The Morgan fingerprint density at radius 1 is 1.26 bits per heavy atom. The summed E-state index contributed by atoms with van der Waals surface area (Å²) in [4.78, 5) is 23.3. The van der Waals surface area contributed by atoms with E-state index in [1.54, 1.807) is 6.20 Å². The molecule has 0 radical (unpaired) electrons. The number of aromatic nitrogens is 3. The van der Waals surface area contributed by atoms with E-state index in [1.165, 1.54) is 0 Å². The number of piperidine rings is 1. The predicted molar refractivity (Wildman–Crippen MR) is 102 cm³/mol. The lowest BCUT2D eigenvalue weighted by atomic mass is 9.96. The molecular weight excluding hydrogens is 342 g/mol. The highest BCUT2D eigenvalue weighted by Gasteiger charge is 2.29. The fourth-order valence-corrected chi connectivity index (χ4v) is 3.40. The van der Waals surface area contributed by atoms with Gasteiger partial charge in [0.1, 0.15) is 0 Å². The van der Waals surface area contributed by atoms with Crippen LogP contribution in [0.15, 0.2) is 29.0 Å². The molecule has 1 unspecified atom stereocenters. The lowest BCUT2D eigenvalue weighted by Gasteiger charge is -2.33. The van der Waals surface area contributed by atoms with Crippen molar-refractivity contribution in [2.75, 3.05) is 13.1 Å². The van der Waals surface area contributed by atoms with E-state index in [4.69, 9.17) is 4.52 Å². The number of amides is 2. The van der Waals surface area contributed by atoms with Crippen molar-refractivity contribution in [3.63, 3.8) is 0 Å². The van der Waals surface area contributed by atoms with Crippen LogP contribution in [0, 0.1) is 5.92 Å². The van der Waals surface area contributed by atoms with E-state index < -0.39 is 0 Å². The second-order valence-corrected chi connectivity index (χ2v) is 7.86. The minimum Gasteiger partial charge on any atom is -0.339 e. The molecule has 0 bridgehead atoms. The van der Waals surface area contributed by atoms with Crippen LogP contribution < -0.4 is 5.32 Å². The first-order valence-corrected chi connectivity index (χ1v) is 9.74. The number of carbonyl (C=O) groups is 1. The minimum atomic E-state index is -0.0477. The first kappa shape index (κ1) is 19.3. The van der Waals surface area contributed by atoms with Gasteiger partial charge in [-0.15, -0.1) is 0 Å². The normalized spacial score (nSPS) is 16.7. The molecule has 2 aromatic rings. The van der Waals surface area contributed by atoms with E-state index in [1.807, 2.05) is 23.2 Å². The maximum absolute atomic E-state index is 12.8. The summed E-state index contributed by atoms with van der Waals surface area (Å²) in [5.41, 5.74) is 1.03. The SMILES string of the molecule is CC(C)c1noc(C2CCN(C(=O)NC(c3cccnc3)C(C)C)CC2)n1. The Kier molecular flexibility index (Phi) is 6.08. The molecule has 7 heteroatoms. The number of rotatable bonds is 5. The van der Waals surface area contributed by atoms with E-state index in [9.17, 15) is 4.79 Å². The number of carbonyl (C=O) groups excluding carboxylic acids is 1. The molecule has 2 amide bonds. The van der Waals surface area contributed by atoms with Gasteiger partial charge in [0.25, 0.3) is 0 Å². The summed E-state index contributed by atoms with van der Waals surface area (Å²) in [7, 11) is 0. The van der Waals surface area contributed by atoms with E-state index >= 15 is 0 Å². The zero-order valence-corrected chi connectivity index (χ0v) is 16.6. The molecule has 0 aliphatic carbocycles. The van der Waals surface area contributed by atoms with Gasteiger partial charge in [-0.05, 0) is 30.4 Å². The summed E-state index contributed by atoms with van der Waals surface area (Å²) >= 11 is 0. The van der Waals surface area contributed by atoms with Gasteiger partial charge < -0.3 is 14.7 Å². The molecule has 27 heavy (non-hydrogen) atoms. The van der Waals surface area contributed by atoms with Gasteiger partial charge in [-0.1, -0.05) is 38.9 Å². The second-order valence-electron chi connectivity index (χ2n) is 7.86. The van der Waals surface area contributed by atoms with Gasteiger partial charge in [-0.25, -0.2) is 4.79 Å². The van der Waals surface area contributed by atoms with Gasteiger partial charge >= 0.3 is 6.03 Å². The van der Waals surface area contributed by atoms with Gasteiger partial charge in [0.15, 0.2) is 5.82 Å². The van der Waals surface area contributed by atoms with E-state index in [0.29, 0.717) is 19.0 Å². The van der Waals surface area contributed by atoms with Crippen molar-refractivity contribution in [1.29, 1.82) is 0 Å². The van der Waals surface area contributed by atoms with Crippen LogP contribution in [-0.4, -0.2) is 39.1 Å². The molecule has 0 spiro atoms. The van der Waals surface area contributed by atoms with Crippen molar-refractivity contribution in [3.8, 4) is 0 Å². The largest absolute Gasteiger partial charge is 0.339 e. The Balaban J connectivity index is 1.57. The fraction of sp³-hybridized carbons (Fsp3) is 0.600. The van der Waals surface area contributed by atoms with Gasteiger partial charge in [-0.2, -0.15) is 4.98 Å². The Labute approximate surface area is 160 Å². The molecule has 3 heterocycles. The molecule has 1 atom stereocenters. The third-order valence-electron chi connectivity index (χ3n) is 5.09. The number of hydrogen-bond donors (Lipinski definition) is 1. The lowest BCUT2D eigenvalue weighted by Crippen LogP contribution is -2.46. The van der Waals surface area contributed by atoms with Gasteiger partial charge in [0, 0.05) is 37.3 Å². The third kappa shape index (κ3) is 4.64. The fourth-order valence-electron chi connectivity index (χ4n) is 3.40. The van der Waals surface area contributed by atoms with Crippen molar-refractivity contribution in [3.05, 3.63) is 41.8 Å². The van der Waals surface area contributed by atoms with Crippen LogP contribution in [0.5, 0.6) is 0 Å². The average molecular weight is 371 g/mol. The van der Waals surface area contributed by atoms with Crippen LogP contribution in [0.4, 0.5) is 4.79 Å². The van der Waals surface area contributed by atoms with Gasteiger partial charge in [0.05, 0.1) is 6.04 Å². The number of hydrogen-bond acceptors (Lipinski definition) is 5. The van der Waals surface area contributed by atoms with Crippen LogP contribution in [0.2, 0.25) is 0 Å². The predicted octanol–water partition coefficient (Wildman–Crippen LogP) is 3.87. The van der Waals surface area contributed by atoms with E-state index in [2.05, 4.69) is 48.1 Å². The van der Waals surface area contributed by atoms with Crippen LogP contribution in [-0.2, 0) is 0 Å². The molecule has 7 nitrogen and oxygen atoms in total. The molecular formula is C20H29N5O2. The Morgan fingerprint density at radius 3 is 2.56 bits per heavy atom. The topological polar surface area (TPSA) is 84.2 Å². The molecule has 0 saturated carbocycles. The molecule has 1 saturated heterocycles. The second kappa shape index (κ2) is 8.50. The Bertz CT molecular complexity index is 736. The summed E-state index contributed by atoms with van der Waals surface area (Å²) < 4.78 is 5.43. The molecule has 146 valence electrons. The van der Waals surface area contributed by atoms with Crippen LogP contribution in [0.25, 0.3) is 0 Å². The van der Waals surface area contributed by atoms with Crippen molar-refractivity contribution in [2.24, 2.45) is 5.92 Å². The maximum Gasteiger partial charge on any atom is 0.317 e. The van der Waals surface area contributed by atoms with E-state index in [-0.39, 0.29) is 29.8 Å². The van der Waals surface area contributed by atoms with Crippen molar-refractivity contribution in [2.45, 2.75) is 58.4 Å². The minimum absolute atomic E-state index is 0.0237. The van der Waals surface area contributed by atoms with Crippen LogP contribution in [0.3, 0.4) is 0 Å². The molecule has 1 fully saturated rings. The summed E-state index contributed by atoms with van der Waals surface area (Å²) in [6, 6.07) is 3.84. The average Bonchev–Trinajstić information content (AvgIpc) is 3.17. The highest BCUT2D eigenvalue weighted by molar-refractivity contribution is 5.74. The van der Waals surface area contributed by atoms with Crippen LogP contribution in [0.1, 0.15) is 75.7 Å². The number of urea groups is 1. The van der Waals surface area contributed by atoms with Crippen molar-refractivity contribution >= 4 is 6.03 Å². The Morgan fingerprint density at radius 2 is 2.00 bits per heavy atom. The molecule has 1 N–H and O–H groups in total. The summed E-state index contributed by atoms with van der Waals surface area (Å²) in [5, 5.41) is 7.22. The molecule has 3 rings (SSSR count). The number of likely N-dealkylation sites (tertiary alicyclic amines) is 1. The zero-order chi connectivity index (χ0) is 19.4. The summed E-state index contributed by atoms with van der Waals surface area (Å²) in [6.45, 7) is 9.68. The molecule has 0 aromatic carbocycles. The van der Waals surface area contributed by atoms with E-state index in [0.717, 1.165) is 24.2 Å². The summed E-state index contributed by atoms with van der Waals surface area (Å²) in [6.07, 6.45) is 5.24. The quantitative estimate of drug-likeness (QED) is 0.862. The van der Waals surface area contributed by atoms with Crippen LogP contribution >= 0.6 is 0 Å². The highest BCUT2D eigenvalue weighted by atomic mass is 16.5. The highest BCUT2D eigenvalue weighted by Crippen LogP contribution is 2.28. The maximum atomic E-state index is 12.8. The first-order chi connectivity index (χ1) is 13.0. The molecule has 1 aliphatic rings. The van der Waals surface area contributed by atoms with Crippen molar-refractivity contribution in [1.82, 2.24) is 25.3 Å². The van der Waals surface area contributed by atoms with Crippen molar-refractivity contribution < 1.29 is 9.32 Å². The third-order valence-corrected chi connectivity index (χ3v) is 5.09. The molecule has 1 aliphatic heterocycles. The standard InChI is InChI=1S/C20H29N5O2/c1-13(2)17(16-6-5-9-21-12-16)22-20(26)25-10-7-15(8-11-25)19-23-18(14(3)4)24-27-19/h5-6,9,12-15,17H,7-8,10-11H2,1-4H3,(H,22,26). The number of pyridine rings is 1. The number of nitrogens with one attached hydrogen (secondary N) is 1. The summed E-state index contributed by atoms with van der Waals surface area (Å²) in [5.74, 6) is 2.22. The number of nitrogens with zero attached hydrogens (tertiary/aromatic N) is 4. The molecule has 2 aromatic heterocycles. The monoisotopic (exact) mass is 371 g/mol. The van der Waals surface area contributed by atoms with Gasteiger partial charge in [-0.3, -0.25) is 4.98 Å². The Hall–Kier alpha value is -2.44.